The predicted molar refractivity (Wildman–Crippen MR) is 54.0 cm³/mol. The number of carboxylic acid groups (broad SMARTS) is 1. The molecule has 2 rings (SSSR count). The number of rotatable bonds is 3. The van der Waals surface area contributed by atoms with Crippen molar-refractivity contribution in [1.29, 1.82) is 0 Å². The molecule has 0 heterocycles. The maximum atomic E-state index is 11.7. The van der Waals surface area contributed by atoms with E-state index in [4.69, 9.17) is 5.11 Å². The highest BCUT2D eigenvalue weighted by Crippen LogP contribution is 2.48. The van der Waals surface area contributed by atoms with Crippen LogP contribution in [-0.4, -0.2) is 23.5 Å². The number of hydrogen-bond acceptors (Lipinski definition) is 2. The first-order valence-electron chi connectivity index (χ1n) is 5.34. The smallest absolute Gasteiger partial charge is 0.307 e. The van der Waals surface area contributed by atoms with Crippen LogP contribution in [0.25, 0.3) is 0 Å². The Kier molecular flexibility index (Phi) is 2.50. The Morgan fingerprint density at radius 2 is 1.93 bits per heavy atom. The van der Waals surface area contributed by atoms with Gasteiger partial charge in [0.25, 0.3) is 0 Å². The highest BCUT2D eigenvalue weighted by Gasteiger charge is 2.51. The lowest BCUT2D eigenvalue weighted by Crippen LogP contribution is -2.40. The second-order valence-corrected chi connectivity index (χ2v) is 4.23. The molecule has 0 spiro atoms. The average molecular weight is 209 g/mol. The number of hydrogen-bond donors (Lipinski definition) is 2. The largest absolute Gasteiger partial charge is 0.481 e. The van der Waals surface area contributed by atoms with Crippen LogP contribution in [0.1, 0.15) is 13.3 Å². The molecule has 2 N–H and O–H groups in total. The Morgan fingerprint density at radius 1 is 1.33 bits per heavy atom. The van der Waals surface area contributed by atoms with Crippen molar-refractivity contribution in [2.24, 2.45) is 23.7 Å². The van der Waals surface area contributed by atoms with E-state index in [-0.39, 0.29) is 23.7 Å². The highest BCUT2D eigenvalue weighted by atomic mass is 16.4. The minimum atomic E-state index is -0.844. The molecule has 0 aromatic carbocycles. The Bertz CT molecular complexity index is 324. The number of fused-ring (bicyclic) bond motifs is 2. The van der Waals surface area contributed by atoms with Crippen molar-refractivity contribution in [3.63, 3.8) is 0 Å². The zero-order chi connectivity index (χ0) is 11.0. The van der Waals surface area contributed by atoms with Crippen molar-refractivity contribution in [3.05, 3.63) is 12.2 Å². The molecule has 1 fully saturated rings. The number of carbonyl (C=O) groups is 2. The number of allylic oxidation sites excluding steroid dienone is 2. The van der Waals surface area contributed by atoms with Gasteiger partial charge in [-0.05, 0) is 25.2 Å². The number of carbonyl (C=O) groups excluding carboxylic acids is 1. The van der Waals surface area contributed by atoms with Crippen LogP contribution in [0, 0.1) is 23.7 Å². The normalized spacial score (nSPS) is 36.9. The predicted octanol–water partition coefficient (Wildman–Crippen LogP) is 0.645. The molecule has 4 nitrogen and oxygen atoms in total. The van der Waals surface area contributed by atoms with E-state index in [1.54, 1.807) is 0 Å². The summed E-state index contributed by atoms with van der Waals surface area (Å²) in [5.74, 6) is -1.66. The minimum Gasteiger partial charge on any atom is -0.481 e. The summed E-state index contributed by atoms with van der Waals surface area (Å²) in [6.45, 7) is 2.40. The van der Waals surface area contributed by atoms with Crippen molar-refractivity contribution in [3.8, 4) is 0 Å². The Hall–Kier alpha value is -1.32. The van der Waals surface area contributed by atoms with Crippen LogP contribution in [0.15, 0.2) is 12.2 Å². The van der Waals surface area contributed by atoms with Gasteiger partial charge in [0, 0.05) is 6.54 Å². The summed E-state index contributed by atoms with van der Waals surface area (Å²) in [6, 6.07) is 0. The maximum Gasteiger partial charge on any atom is 0.307 e. The lowest BCUT2D eigenvalue weighted by molar-refractivity contribution is -0.147. The third-order valence-electron chi connectivity index (χ3n) is 3.40. The molecule has 0 aromatic rings. The van der Waals surface area contributed by atoms with Gasteiger partial charge in [-0.2, -0.15) is 0 Å². The third kappa shape index (κ3) is 1.54. The Balaban J connectivity index is 2.19. The summed E-state index contributed by atoms with van der Waals surface area (Å²) in [7, 11) is 0. The van der Waals surface area contributed by atoms with Crippen LogP contribution in [0.4, 0.5) is 0 Å². The number of carboxylic acids is 1. The second kappa shape index (κ2) is 3.68. The SMILES string of the molecule is CCNC(=O)C1C2C=CC(C2)C1C(=O)O. The Morgan fingerprint density at radius 3 is 2.47 bits per heavy atom. The molecule has 1 saturated carbocycles. The van der Waals surface area contributed by atoms with Gasteiger partial charge in [-0.25, -0.2) is 0 Å². The van der Waals surface area contributed by atoms with Gasteiger partial charge in [-0.3, -0.25) is 9.59 Å². The molecule has 2 aliphatic rings. The summed E-state index contributed by atoms with van der Waals surface area (Å²) < 4.78 is 0. The Labute approximate surface area is 88.4 Å². The summed E-state index contributed by atoms with van der Waals surface area (Å²) >= 11 is 0. The van der Waals surface area contributed by atoms with Crippen molar-refractivity contribution >= 4 is 11.9 Å². The molecule has 2 aliphatic carbocycles. The van der Waals surface area contributed by atoms with Gasteiger partial charge in [0.05, 0.1) is 11.8 Å². The topological polar surface area (TPSA) is 66.4 Å². The van der Waals surface area contributed by atoms with Crippen molar-refractivity contribution in [1.82, 2.24) is 5.32 Å². The fourth-order valence-corrected chi connectivity index (χ4v) is 2.81. The molecule has 0 aromatic heterocycles. The monoisotopic (exact) mass is 209 g/mol. The third-order valence-corrected chi connectivity index (χ3v) is 3.40. The number of amides is 1. The summed E-state index contributed by atoms with van der Waals surface area (Å²) in [5, 5.41) is 11.8. The average Bonchev–Trinajstić information content (AvgIpc) is 2.76. The first kappa shape index (κ1) is 10.2. The maximum absolute atomic E-state index is 11.7. The molecular weight excluding hydrogens is 194 g/mol. The van der Waals surface area contributed by atoms with E-state index < -0.39 is 11.9 Å². The molecule has 1 amide bonds. The molecule has 15 heavy (non-hydrogen) atoms. The number of nitrogens with one attached hydrogen (secondary N) is 1. The fourth-order valence-electron chi connectivity index (χ4n) is 2.81. The molecule has 0 radical (unpaired) electrons. The molecule has 4 heteroatoms. The van der Waals surface area contributed by atoms with E-state index in [1.807, 2.05) is 19.1 Å². The van der Waals surface area contributed by atoms with Gasteiger partial charge < -0.3 is 10.4 Å². The first-order valence-corrected chi connectivity index (χ1v) is 5.34. The van der Waals surface area contributed by atoms with Crippen LogP contribution >= 0.6 is 0 Å². The first-order chi connectivity index (χ1) is 7.15. The summed E-state index contributed by atoms with van der Waals surface area (Å²) in [5.41, 5.74) is 0. The quantitative estimate of drug-likeness (QED) is 0.670. The van der Waals surface area contributed by atoms with E-state index in [9.17, 15) is 9.59 Å². The standard InChI is InChI=1S/C11H15NO3/c1-2-12-10(13)8-6-3-4-7(5-6)9(8)11(14)15/h3-4,6-9H,2,5H2,1H3,(H,12,13)(H,14,15). The van der Waals surface area contributed by atoms with E-state index in [0.717, 1.165) is 6.42 Å². The molecule has 82 valence electrons. The van der Waals surface area contributed by atoms with E-state index in [1.165, 1.54) is 0 Å². The molecule has 4 atom stereocenters. The summed E-state index contributed by atoms with van der Waals surface area (Å²) in [4.78, 5) is 22.8. The lowest BCUT2D eigenvalue weighted by Gasteiger charge is -2.23. The molecule has 0 saturated heterocycles. The van der Waals surface area contributed by atoms with Crippen molar-refractivity contribution in [2.75, 3.05) is 6.54 Å². The molecule has 4 unspecified atom stereocenters. The zero-order valence-corrected chi connectivity index (χ0v) is 8.64. The van der Waals surface area contributed by atoms with Crippen LogP contribution in [0.2, 0.25) is 0 Å². The zero-order valence-electron chi connectivity index (χ0n) is 8.64. The van der Waals surface area contributed by atoms with E-state index in [0.29, 0.717) is 6.54 Å². The van der Waals surface area contributed by atoms with Crippen LogP contribution in [0.3, 0.4) is 0 Å². The summed E-state index contributed by atoms with van der Waals surface area (Å²) in [6.07, 6.45) is 4.75. The van der Waals surface area contributed by atoms with Crippen LogP contribution < -0.4 is 5.32 Å². The van der Waals surface area contributed by atoms with Gasteiger partial charge in [-0.15, -0.1) is 0 Å². The highest BCUT2D eigenvalue weighted by molar-refractivity contribution is 5.86. The van der Waals surface area contributed by atoms with Crippen LogP contribution in [-0.2, 0) is 9.59 Å². The van der Waals surface area contributed by atoms with E-state index in [2.05, 4.69) is 5.32 Å². The van der Waals surface area contributed by atoms with Gasteiger partial charge in [-0.1, -0.05) is 12.2 Å². The van der Waals surface area contributed by atoms with Gasteiger partial charge in [0.2, 0.25) is 5.91 Å². The molecule has 2 bridgehead atoms. The molecular formula is C11H15NO3. The molecule has 0 aliphatic heterocycles. The lowest BCUT2D eigenvalue weighted by atomic mass is 9.82. The minimum absolute atomic E-state index is 0.0557. The van der Waals surface area contributed by atoms with Gasteiger partial charge in [0.1, 0.15) is 0 Å². The second-order valence-electron chi connectivity index (χ2n) is 4.23. The van der Waals surface area contributed by atoms with E-state index >= 15 is 0 Å². The van der Waals surface area contributed by atoms with Gasteiger partial charge >= 0.3 is 5.97 Å². The fraction of sp³-hybridized carbons (Fsp3) is 0.636. The van der Waals surface area contributed by atoms with Crippen LogP contribution in [0.5, 0.6) is 0 Å². The van der Waals surface area contributed by atoms with Crippen molar-refractivity contribution in [2.45, 2.75) is 13.3 Å². The van der Waals surface area contributed by atoms with Gasteiger partial charge in [0.15, 0.2) is 0 Å². The number of aliphatic carboxylic acids is 1. The van der Waals surface area contributed by atoms with Crippen molar-refractivity contribution < 1.29 is 14.7 Å².